The Morgan fingerprint density at radius 2 is 1.87 bits per heavy atom. The number of hydrogen-bond acceptors (Lipinski definition) is 12. The van der Waals surface area contributed by atoms with E-state index in [4.69, 9.17) is 14.8 Å². The normalized spacial score (nSPS) is 19.5. The van der Waals surface area contributed by atoms with Crippen molar-refractivity contribution in [3.8, 4) is 5.75 Å². The molecule has 4 rings (SSSR count). The van der Waals surface area contributed by atoms with E-state index in [0.717, 1.165) is 122 Å². The zero-order valence-corrected chi connectivity index (χ0v) is 23.6. The van der Waals surface area contributed by atoms with Crippen LogP contribution in [0.4, 0.5) is 0 Å². The molecule has 38 heavy (non-hydrogen) atoms. The van der Waals surface area contributed by atoms with Gasteiger partial charge in [0.2, 0.25) is 0 Å². The van der Waals surface area contributed by atoms with Crippen LogP contribution in [-0.2, 0) is 22.4 Å². The molecule has 2 saturated heterocycles. The lowest BCUT2D eigenvalue weighted by Gasteiger charge is -2.30. The number of aromatic nitrogens is 3. The second-order valence-corrected chi connectivity index (χ2v) is 12.1. The summed E-state index contributed by atoms with van der Waals surface area (Å²) in [5.41, 5.74) is 1.28. The van der Waals surface area contributed by atoms with E-state index in [1.165, 1.54) is 6.42 Å². The molecular weight excluding hydrogens is 522 g/mol. The van der Waals surface area contributed by atoms with Gasteiger partial charge in [0, 0.05) is 31.7 Å². The Labute approximate surface area is 230 Å². The number of oxime groups is 2. The van der Waals surface area contributed by atoms with Crippen molar-refractivity contribution in [1.29, 1.82) is 0 Å². The quantitative estimate of drug-likeness (QED) is 0.118. The topological polar surface area (TPSA) is 129 Å². The number of aryl methyl sites for hydroxylation is 2. The number of nitrogens with zero attached hydrogens (tertiary/aromatic N) is 7. The van der Waals surface area contributed by atoms with Crippen LogP contribution >= 0.6 is 11.3 Å². The van der Waals surface area contributed by atoms with Gasteiger partial charge in [0.25, 0.3) is 0 Å². The van der Waals surface area contributed by atoms with Crippen molar-refractivity contribution in [1.82, 2.24) is 25.0 Å². The molecule has 11 nitrogen and oxygen atoms in total. The number of aromatic hydroxyl groups is 1. The second-order valence-electron chi connectivity index (χ2n) is 9.44. The number of pyridine rings is 1. The van der Waals surface area contributed by atoms with Crippen LogP contribution in [0, 0.1) is 0 Å². The van der Waals surface area contributed by atoms with Crippen molar-refractivity contribution in [2.45, 2.75) is 50.3 Å². The largest absolute Gasteiger partial charge is 0.506 e. The molecule has 1 unspecified atom stereocenters. The van der Waals surface area contributed by atoms with Gasteiger partial charge in [-0.3, -0.25) is 4.90 Å². The SMILES string of the molecule is O/N=C/c1nc(CCCCN2CC[Si]C(O/N=C/c3nnc(CCCCN4CCOCC4)s3)C2)ccc1O. The Balaban J connectivity index is 1.09. The van der Waals surface area contributed by atoms with Crippen molar-refractivity contribution < 1.29 is 19.9 Å². The predicted octanol–water partition coefficient (Wildman–Crippen LogP) is 2.24. The summed E-state index contributed by atoms with van der Waals surface area (Å²) in [7, 11) is 0.744. The highest BCUT2D eigenvalue weighted by atomic mass is 32.1. The monoisotopic (exact) mass is 559 g/mol. The van der Waals surface area contributed by atoms with Gasteiger partial charge in [-0.25, -0.2) is 4.98 Å². The third-order valence-electron chi connectivity index (χ3n) is 6.57. The van der Waals surface area contributed by atoms with Crippen LogP contribution in [-0.4, -0.2) is 115 Å². The van der Waals surface area contributed by atoms with E-state index < -0.39 is 0 Å². The van der Waals surface area contributed by atoms with E-state index in [9.17, 15) is 5.11 Å². The molecule has 1 atom stereocenters. The van der Waals surface area contributed by atoms with Crippen molar-refractivity contribution >= 4 is 33.3 Å². The first-order chi connectivity index (χ1) is 18.7. The Bertz CT molecular complexity index is 1030. The highest BCUT2D eigenvalue weighted by molar-refractivity contribution is 7.12. The Morgan fingerprint density at radius 3 is 2.71 bits per heavy atom. The average molecular weight is 560 g/mol. The number of morpholine rings is 1. The molecule has 0 saturated carbocycles. The van der Waals surface area contributed by atoms with Gasteiger partial charge >= 0.3 is 0 Å². The standard InChI is InChI=1S/C25H37N7O4SSi/c33-22-8-7-20(28-21(22)17-26-34)5-1-3-10-32-13-16-38-25(19-32)36-27-18-24-30-29-23(37-24)6-2-4-9-31-11-14-35-15-12-31/h7-8,17-18,25,33-34H,1-6,9-16,19H2/b26-17+,27-18+. The molecule has 206 valence electrons. The molecule has 0 amide bonds. The number of rotatable bonds is 14. The van der Waals surface area contributed by atoms with Crippen LogP contribution in [0.2, 0.25) is 6.04 Å². The van der Waals surface area contributed by atoms with Crippen LogP contribution < -0.4 is 0 Å². The van der Waals surface area contributed by atoms with E-state index in [2.05, 4.69) is 35.3 Å². The van der Waals surface area contributed by atoms with Crippen LogP contribution in [0.25, 0.3) is 0 Å². The van der Waals surface area contributed by atoms with Gasteiger partial charge in [-0.2, -0.15) is 0 Å². The van der Waals surface area contributed by atoms with Gasteiger partial charge in [-0.15, -0.1) is 10.2 Å². The summed E-state index contributed by atoms with van der Waals surface area (Å²) < 4.78 is 5.40. The highest BCUT2D eigenvalue weighted by Crippen LogP contribution is 2.16. The van der Waals surface area contributed by atoms with Gasteiger partial charge in [0.1, 0.15) is 37.9 Å². The first-order valence-electron chi connectivity index (χ1n) is 13.3. The zero-order chi connectivity index (χ0) is 26.4. The van der Waals surface area contributed by atoms with E-state index in [1.807, 2.05) is 6.07 Å². The molecule has 2 aromatic heterocycles. The minimum atomic E-state index is 0.0103. The van der Waals surface area contributed by atoms with E-state index >= 15 is 0 Å². The molecule has 2 N–H and O–H groups in total. The van der Waals surface area contributed by atoms with E-state index in [1.54, 1.807) is 23.6 Å². The summed E-state index contributed by atoms with van der Waals surface area (Å²) in [6.45, 7) is 7.89. The summed E-state index contributed by atoms with van der Waals surface area (Å²) in [6.07, 6.45) is 8.92. The molecule has 2 aliphatic heterocycles. The van der Waals surface area contributed by atoms with Gasteiger partial charge in [0.05, 0.1) is 19.4 Å². The molecule has 0 bridgehead atoms. The molecule has 2 aromatic rings. The van der Waals surface area contributed by atoms with Crippen molar-refractivity contribution in [3.05, 3.63) is 33.5 Å². The summed E-state index contributed by atoms with van der Waals surface area (Å²) in [4.78, 5) is 15.0. The molecule has 2 fully saturated rings. The molecule has 0 aliphatic carbocycles. The lowest BCUT2D eigenvalue weighted by atomic mass is 10.1. The minimum Gasteiger partial charge on any atom is -0.506 e. The third-order valence-corrected chi connectivity index (χ3v) is 8.75. The first-order valence-corrected chi connectivity index (χ1v) is 15.4. The fraction of sp³-hybridized carbons (Fsp3) is 0.640. The number of ether oxygens (including phenoxy) is 1. The fourth-order valence-corrected chi connectivity index (χ4v) is 6.53. The van der Waals surface area contributed by atoms with Crippen molar-refractivity contribution in [2.75, 3.05) is 52.5 Å². The molecule has 2 aliphatic rings. The molecule has 2 radical (unpaired) electrons. The maximum Gasteiger partial charge on any atom is 0.162 e. The van der Waals surface area contributed by atoms with E-state index in [-0.39, 0.29) is 17.2 Å². The lowest BCUT2D eigenvalue weighted by Crippen LogP contribution is -2.43. The number of unbranched alkanes of at least 4 members (excludes halogenated alkanes) is 2. The predicted molar refractivity (Wildman–Crippen MR) is 148 cm³/mol. The fourth-order valence-electron chi connectivity index (χ4n) is 4.49. The molecule has 0 aromatic carbocycles. The van der Waals surface area contributed by atoms with Crippen LogP contribution in [0.3, 0.4) is 0 Å². The van der Waals surface area contributed by atoms with Crippen LogP contribution in [0.5, 0.6) is 5.75 Å². The lowest BCUT2D eigenvalue weighted by molar-refractivity contribution is 0.0372. The minimum absolute atomic E-state index is 0.0103. The first kappa shape index (κ1) is 28.6. The zero-order valence-electron chi connectivity index (χ0n) is 21.7. The Hall–Kier alpha value is -2.45. The summed E-state index contributed by atoms with van der Waals surface area (Å²) in [5.74, 6) is 0.0103. The molecular formula is C25H37N7O4SSi. The van der Waals surface area contributed by atoms with Gasteiger partial charge < -0.3 is 24.8 Å². The van der Waals surface area contributed by atoms with Crippen LogP contribution in [0.1, 0.15) is 47.1 Å². The smallest absolute Gasteiger partial charge is 0.162 e. The van der Waals surface area contributed by atoms with Gasteiger partial charge in [0.15, 0.2) is 5.01 Å². The van der Waals surface area contributed by atoms with Gasteiger partial charge in [-0.1, -0.05) is 21.6 Å². The summed E-state index contributed by atoms with van der Waals surface area (Å²) in [5, 5.41) is 36.0. The molecule has 0 spiro atoms. The van der Waals surface area contributed by atoms with Gasteiger partial charge in [-0.05, 0) is 69.9 Å². The second kappa shape index (κ2) is 15.8. The highest BCUT2D eigenvalue weighted by Gasteiger charge is 2.21. The molecule has 4 heterocycles. The van der Waals surface area contributed by atoms with E-state index in [0.29, 0.717) is 0 Å². The maximum atomic E-state index is 9.73. The summed E-state index contributed by atoms with van der Waals surface area (Å²) >= 11 is 1.59. The number of hydrogen-bond donors (Lipinski definition) is 2. The molecule has 13 heteroatoms. The maximum absolute atomic E-state index is 9.73. The average Bonchev–Trinajstić information content (AvgIpc) is 3.39. The van der Waals surface area contributed by atoms with Crippen molar-refractivity contribution in [2.24, 2.45) is 10.3 Å². The summed E-state index contributed by atoms with van der Waals surface area (Å²) in [6, 6.07) is 4.52. The Morgan fingerprint density at radius 1 is 1.05 bits per heavy atom. The van der Waals surface area contributed by atoms with Crippen LogP contribution in [0.15, 0.2) is 22.4 Å². The van der Waals surface area contributed by atoms with Crippen molar-refractivity contribution in [3.63, 3.8) is 0 Å². The Kier molecular flexibility index (Phi) is 11.9. The third kappa shape index (κ3) is 9.69.